The molecule has 0 saturated carbocycles. The zero-order valence-corrected chi connectivity index (χ0v) is 15.1. The molecule has 2 aromatic carbocycles. The second kappa shape index (κ2) is 7.53. The summed E-state index contributed by atoms with van der Waals surface area (Å²) in [6.45, 7) is -0.219. The van der Waals surface area contributed by atoms with Gasteiger partial charge in [-0.15, -0.1) is 0 Å². The van der Waals surface area contributed by atoms with E-state index in [-0.39, 0.29) is 17.0 Å². The topological polar surface area (TPSA) is 62.7 Å². The predicted octanol–water partition coefficient (Wildman–Crippen LogP) is 4.92. The fourth-order valence-electron chi connectivity index (χ4n) is 2.40. The number of benzene rings is 2. The molecule has 3 rings (SSSR count). The van der Waals surface area contributed by atoms with Crippen LogP contribution in [-0.4, -0.2) is 20.7 Å². The number of hydrogen-bond acceptors (Lipinski definition) is 3. The number of anilines is 1. The van der Waals surface area contributed by atoms with Crippen molar-refractivity contribution in [1.82, 2.24) is 14.8 Å². The van der Waals surface area contributed by atoms with Gasteiger partial charge in [0.1, 0.15) is 6.54 Å². The van der Waals surface area contributed by atoms with Crippen molar-refractivity contribution in [1.29, 1.82) is 0 Å². The number of nitrogens with one attached hydrogen (secondary N) is 2. The molecule has 1 heterocycles. The summed E-state index contributed by atoms with van der Waals surface area (Å²) in [4.78, 5) is 12.3. The molecule has 5 nitrogen and oxygen atoms in total. The number of rotatable bonds is 4. The van der Waals surface area contributed by atoms with Crippen molar-refractivity contribution in [2.24, 2.45) is 0 Å². The van der Waals surface area contributed by atoms with Gasteiger partial charge in [-0.25, -0.2) is 0 Å². The number of halogens is 4. The van der Waals surface area contributed by atoms with Crippen molar-refractivity contribution in [3.05, 3.63) is 63.9 Å². The van der Waals surface area contributed by atoms with Crippen LogP contribution in [0.2, 0.25) is 5.02 Å². The molecule has 3 aromatic rings. The minimum atomic E-state index is -4.49. The van der Waals surface area contributed by atoms with E-state index >= 15 is 0 Å². The second-order valence-electron chi connectivity index (χ2n) is 5.57. The van der Waals surface area contributed by atoms with Crippen LogP contribution in [0.4, 0.5) is 18.9 Å². The van der Waals surface area contributed by atoms with Gasteiger partial charge >= 0.3 is 6.18 Å². The summed E-state index contributed by atoms with van der Waals surface area (Å²) >= 11 is 11.0. The number of nitrogens with zero attached hydrogens (tertiary/aromatic N) is 2. The highest BCUT2D eigenvalue weighted by Gasteiger charge is 2.30. The number of carbonyl (C=O) groups is 1. The van der Waals surface area contributed by atoms with E-state index in [9.17, 15) is 18.0 Å². The van der Waals surface area contributed by atoms with Gasteiger partial charge in [0.05, 0.1) is 5.56 Å². The number of hydrogen-bond donors (Lipinski definition) is 2. The summed E-state index contributed by atoms with van der Waals surface area (Å²) in [5, 5.41) is 9.68. The van der Waals surface area contributed by atoms with Crippen molar-refractivity contribution in [3.8, 4) is 11.4 Å². The smallest absolute Gasteiger partial charge is 0.325 e. The number of alkyl halides is 3. The third-order valence-electron chi connectivity index (χ3n) is 3.64. The first kappa shape index (κ1) is 19.1. The van der Waals surface area contributed by atoms with Gasteiger partial charge in [0.2, 0.25) is 5.91 Å². The highest BCUT2D eigenvalue weighted by atomic mass is 35.5. The molecular formula is C17H12ClF3N4OS. The van der Waals surface area contributed by atoms with Gasteiger partial charge in [0.25, 0.3) is 0 Å². The molecule has 140 valence electrons. The van der Waals surface area contributed by atoms with E-state index in [1.54, 1.807) is 24.3 Å². The molecular weight excluding hydrogens is 401 g/mol. The average molecular weight is 413 g/mol. The third-order valence-corrected chi connectivity index (χ3v) is 4.20. The average Bonchev–Trinajstić information content (AvgIpc) is 2.96. The van der Waals surface area contributed by atoms with Gasteiger partial charge in [-0.1, -0.05) is 17.7 Å². The van der Waals surface area contributed by atoms with Crippen LogP contribution in [-0.2, 0) is 17.5 Å². The molecule has 0 atom stereocenters. The molecule has 0 radical (unpaired) electrons. The van der Waals surface area contributed by atoms with Crippen LogP contribution >= 0.6 is 23.8 Å². The van der Waals surface area contributed by atoms with Crippen molar-refractivity contribution in [2.45, 2.75) is 12.7 Å². The standard InChI is InChI=1S/C17H12ClF3N4OS/c18-12-6-4-10(5-7-12)15-23-24-16(27)25(15)9-14(26)22-13-3-1-2-11(8-13)17(19,20)21/h1-8H,9H2,(H,22,26)(H,24,27). The van der Waals surface area contributed by atoms with Gasteiger partial charge < -0.3 is 5.32 Å². The molecule has 0 fully saturated rings. The van der Waals surface area contributed by atoms with Crippen LogP contribution in [0.5, 0.6) is 0 Å². The van der Waals surface area contributed by atoms with Gasteiger partial charge in [0.15, 0.2) is 10.6 Å². The third kappa shape index (κ3) is 4.55. The first-order valence-corrected chi connectivity index (χ1v) is 8.41. The Bertz CT molecular complexity index is 1030. The first-order valence-electron chi connectivity index (χ1n) is 7.62. The molecule has 1 aromatic heterocycles. The van der Waals surface area contributed by atoms with E-state index in [0.29, 0.717) is 16.4 Å². The molecule has 0 spiro atoms. The molecule has 0 bridgehead atoms. The Hall–Kier alpha value is -2.65. The maximum atomic E-state index is 12.8. The van der Waals surface area contributed by atoms with E-state index in [1.807, 2.05) is 0 Å². The van der Waals surface area contributed by atoms with Gasteiger partial charge in [0, 0.05) is 16.3 Å². The number of aromatic nitrogens is 3. The Kier molecular flexibility index (Phi) is 5.33. The molecule has 1 amide bonds. The van der Waals surface area contributed by atoms with Crippen molar-refractivity contribution >= 4 is 35.4 Å². The van der Waals surface area contributed by atoms with Crippen molar-refractivity contribution in [2.75, 3.05) is 5.32 Å². The Morgan fingerprint density at radius 1 is 1.22 bits per heavy atom. The van der Waals surface area contributed by atoms with Crippen LogP contribution < -0.4 is 5.32 Å². The van der Waals surface area contributed by atoms with E-state index in [2.05, 4.69) is 15.5 Å². The Morgan fingerprint density at radius 3 is 2.59 bits per heavy atom. The Balaban J connectivity index is 1.80. The van der Waals surface area contributed by atoms with Gasteiger partial charge in [-0.05, 0) is 54.7 Å². The summed E-state index contributed by atoms with van der Waals surface area (Å²) in [6.07, 6.45) is -4.49. The van der Waals surface area contributed by atoms with Crippen LogP contribution in [0, 0.1) is 4.77 Å². The molecule has 2 N–H and O–H groups in total. The molecule has 0 unspecified atom stereocenters. The van der Waals surface area contributed by atoms with E-state index in [0.717, 1.165) is 12.1 Å². The largest absolute Gasteiger partial charge is 0.416 e. The number of amides is 1. The summed E-state index contributed by atoms with van der Waals surface area (Å²) in [5.41, 5.74) is -0.126. The molecule has 10 heteroatoms. The molecule has 0 aliphatic carbocycles. The number of H-pyrrole nitrogens is 1. The fraction of sp³-hybridized carbons (Fsp3) is 0.118. The summed E-state index contributed by atoms with van der Waals surface area (Å²) in [7, 11) is 0. The first-order chi connectivity index (χ1) is 12.7. The SMILES string of the molecule is O=C(Cn1c(-c2ccc(Cl)cc2)n[nH]c1=S)Nc1cccc(C(F)(F)F)c1. The summed E-state index contributed by atoms with van der Waals surface area (Å²) in [6, 6.07) is 11.2. The minimum absolute atomic E-state index is 0.0397. The van der Waals surface area contributed by atoms with Crippen LogP contribution in [0.15, 0.2) is 48.5 Å². The maximum Gasteiger partial charge on any atom is 0.416 e. The molecule has 0 aliphatic heterocycles. The zero-order valence-electron chi connectivity index (χ0n) is 13.5. The fourth-order valence-corrected chi connectivity index (χ4v) is 2.72. The normalized spacial score (nSPS) is 11.4. The van der Waals surface area contributed by atoms with Crippen LogP contribution in [0.1, 0.15) is 5.56 Å². The van der Waals surface area contributed by atoms with Gasteiger partial charge in [-0.2, -0.15) is 18.3 Å². The second-order valence-corrected chi connectivity index (χ2v) is 6.40. The Morgan fingerprint density at radius 2 is 1.93 bits per heavy atom. The Labute approximate surface area is 161 Å². The monoisotopic (exact) mass is 412 g/mol. The molecule has 27 heavy (non-hydrogen) atoms. The lowest BCUT2D eigenvalue weighted by molar-refractivity contribution is -0.137. The van der Waals surface area contributed by atoms with Crippen LogP contribution in [0.25, 0.3) is 11.4 Å². The highest BCUT2D eigenvalue weighted by molar-refractivity contribution is 7.71. The lowest BCUT2D eigenvalue weighted by atomic mass is 10.2. The lowest BCUT2D eigenvalue weighted by Crippen LogP contribution is -2.20. The highest BCUT2D eigenvalue weighted by Crippen LogP contribution is 2.30. The maximum absolute atomic E-state index is 12.8. The number of carbonyl (C=O) groups excluding carboxylic acids is 1. The van der Waals surface area contributed by atoms with Gasteiger partial charge in [-0.3, -0.25) is 14.5 Å². The predicted molar refractivity (Wildman–Crippen MR) is 97.9 cm³/mol. The minimum Gasteiger partial charge on any atom is -0.325 e. The van der Waals surface area contributed by atoms with Crippen molar-refractivity contribution in [3.63, 3.8) is 0 Å². The quantitative estimate of drug-likeness (QED) is 0.598. The summed E-state index contributed by atoms with van der Waals surface area (Å²) in [5.74, 6) is -0.127. The van der Waals surface area contributed by atoms with E-state index in [1.165, 1.54) is 16.7 Å². The van der Waals surface area contributed by atoms with E-state index in [4.69, 9.17) is 23.8 Å². The summed E-state index contributed by atoms with van der Waals surface area (Å²) < 4.78 is 40.0. The lowest BCUT2D eigenvalue weighted by Gasteiger charge is -2.11. The zero-order chi connectivity index (χ0) is 19.6. The number of aromatic amines is 1. The molecule has 0 aliphatic rings. The van der Waals surface area contributed by atoms with E-state index < -0.39 is 17.6 Å². The van der Waals surface area contributed by atoms with Crippen molar-refractivity contribution < 1.29 is 18.0 Å². The molecule has 0 saturated heterocycles. The van der Waals surface area contributed by atoms with Crippen LogP contribution in [0.3, 0.4) is 0 Å².